The van der Waals surface area contributed by atoms with E-state index in [1.807, 2.05) is 0 Å². The van der Waals surface area contributed by atoms with Gasteiger partial charge in [-0.25, -0.2) is 0 Å². The highest BCUT2D eigenvalue weighted by Gasteiger charge is 2.22. The Balaban J connectivity index is 1.82. The Labute approximate surface area is 103 Å². The molecule has 0 spiro atoms. The zero-order chi connectivity index (χ0) is 11.4. The van der Waals surface area contributed by atoms with Gasteiger partial charge in [-0.2, -0.15) is 11.3 Å². The summed E-state index contributed by atoms with van der Waals surface area (Å²) >= 11 is 1.78. The molecule has 1 nitrogen and oxygen atoms in total. The van der Waals surface area contributed by atoms with Gasteiger partial charge in [-0.05, 0) is 42.5 Å². The fourth-order valence-corrected chi connectivity index (χ4v) is 3.48. The molecule has 1 aliphatic rings. The van der Waals surface area contributed by atoms with E-state index < -0.39 is 0 Å². The summed E-state index contributed by atoms with van der Waals surface area (Å²) in [7, 11) is 0. The Kier molecular flexibility index (Phi) is 4.28. The van der Waals surface area contributed by atoms with Crippen molar-refractivity contribution in [2.24, 2.45) is 11.8 Å². The van der Waals surface area contributed by atoms with Crippen molar-refractivity contribution in [2.45, 2.75) is 52.0 Å². The molecule has 0 amide bonds. The summed E-state index contributed by atoms with van der Waals surface area (Å²) in [6.07, 6.45) is 6.97. The topological polar surface area (TPSA) is 12.0 Å². The Morgan fingerprint density at radius 1 is 1.44 bits per heavy atom. The van der Waals surface area contributed by atoms with Gasteiger partial charge in [0.2, 0.25) is 0 Å². The van der Waals surface area contributed by atoms with Crippen LogP contribution >= 0.6 is 11.3 Å². The molecule has 1 N–H and O–H groups in total. The molecule has 1 heterocycles. The second-order valence-electron chi connectivity index (χ2n) is 5.52. The van der Waals surface area contributed by atoms with Gasteiger partial charge in [-0.3, -0.25) is 0 Å². The van der Waals surface area contributed by atoms with E-state index in [1.54, 1.807) is 11.3 Å². The molecule has 1 aliphatic carbocycles. The molecule has 1 saturated carbocycles. The monoisotopic (exact) mass is 237 g/mol. The van der Waals surface area contributed by atoms with Crippen molar-refractivity contribution in [2.75, 3.05) is 5.32 Å². The molecule has 0 radical (unpaired) electrons. The van der Waals surface area contributed by atoms with Gasteiger partial charge in [0, 0.05) is 17.1 Å². The van der Waals surface area contributed by atoms with Crippen LogP contribution in [-0.4, -0.2) is 6.04 Å². The molecule has 16 heavy (non-hydrogen) atoms. The van der Waals surface area contributed by atoms with Gasteiger partial charge in [0.25, 0.3) is 0 Å². The molecule has 2 unspecified atom stereocenters. The van der Waals surface area contributed by atoms with E-state index in [-0.39, 0.29) is 0 Å². The second-order valence-corrected chi connectivity index (χ2v) is 6.30. The Morgan fingerprint density at radius 3 is 3.00 bits per heavy atom. The molecular formula is C14H23NS. The van der Waals surface area contributed by atoms with Crippen LogP contribution in [0.4, 0.5) is 5.69 Å². The normalized spacial score (nSPS) is 25.9. The minimum atomic E-state index is 0.715. The third-order valence-corrected chi connectivity index (χ3v) is 4.16. The highest BCUT2D eigenvalue weighted by atomic mass is 32.1. The minimum absolute atomic E-state index is 0.715. The summed E-state index contributed by atoms with van der Waals surface area (Å²) in [6, 6.07) is 2.91. The molecular weight excluding hydrogens is 214 g/mol. The van der Waals surface area contributed by atoms with Crippen LogP contribution in [0, 0.1) is 11.8 Å². The molecule has 2 heteroatoms. The fourth-order valence-electron chi connectivity index (χ4n) is 2.89. The van der Waals surface area contributed by atoms with Gasteiger partial charge >= 0.3 is 0 Å². The zero-order valence-corrected chi connectivity index (χ0v) is 11.2. The smallest absolute Gasteiger partial charge is 0.0450 e. The van der Waals surface area contributed by atoms with E-state index in [2.05, 4.69) is 36.0 Å². The van der Waals surface area contributed by atoms with Crippen molar-refractivity contribution in [3.8, 4) is 0 Å². The number of thiophene rings is 1. The van der Waals surface area contributed by atoms with E-state index in [0.29, 0.717) is 6.04 Å². The predicted molar refractivity (Wildman–Crippen MR) is 73.1 cm³/mol. The summed E-state index contributed by atoms with van der Waals surface area (Å²) in [6.45, 7) is 4.69. The van der Waals surface area contributed by atoms with Gasteiger partial charge in [-0.15, -0.1) is 0 Å². The first-order valence-corrected chi connectivity index (χ1v) is 7.47. The highest BCUT2D eigenvalue weighted by Crippen LogP contribution is 2.31. The first-order chi connectivity index (χ1) is 7.74. The lowest BCUT2D eigenvalue weighted by Gasteiger charge is -2.31. The Bertz CT molecular complexity index is 292. The van der Waals surface area contributed by atoms with Gasteiger partial charge < -0.3 is 5.32 Å². The quantitative estimate of drug-likeness (QED) is 0.795. The number of nitrogens with one attached hydrogen (secondary N) is 1. The van der Waals surface area contributed by atoms with Crippen molar-refractivity contribution in [3.63, 3.8) is 0 Å². The van der Waals surface area contributed by atoms with Crippen molar-refractivity contribution in [3.05, 3.63) is 16.8 Å². The van der Waals surface area contributed by atoms with Crippen LogP contribution in [0.3, 0.4) is 0 Å². The standard InChI is InChI=1S/C14H23NS/c1-11(2)8-12-4-3-5-13(9-12)15-14-6-7-16-10-14/h6-7,10-13,15H,3-5,8-9H2,1-2H3. The maximum Gasteiger partial charge on any atom is 0.0450 e. The minimum Gasteiger partial charge on any atom is -0.382 e. The molecule has 1 fully saturated rings. The zero-order valence-electron chi connectivity index (χ0n) is 10.4. The van der Waals surface area contributed by atoms with Crippen LogP contribution < -0.4 is 5.32 Å². The molecule has 2 atom stereocenters. The third-order valence-electron chi connectivity index (χ3n) is 3.48. The summed E-state index contributed by atoms with van der Waals surface area (Å²) in [4.78, 5) is 0. The molecule has 2 rings (SSSR count). The molecule has 1 aromatic rings. The van der Waals surface area contributed by atoms with Crippen LogP contribution in [0.15, 0.2) is 16.8 Å². The number of anilines is 1. The van der Waals surface area contributed by atoms with Crippen LogP contribution in [0.25, 0.3) is 0 Å². The second kappa shape index (κ2) is 5.72. The van der Waals surface area contributed by atoms with Crippen LogP contribution in [0.1, 0.15) is 46.0 Å². The van der Waals surface area contributed by atoms with Crippen LogP contribution in [0.2, 0.25) is 0 Å². The van der Waals surface area contributed by atoms with Crippen molar-refractivity contribution < 1.29 is 0 Å². The van der Waals surface area contributed by atoms with Crippen molar-refractivity contribution in [1.82, 2.24) is 0 Å². The molecule has 0 bridgehead atoms. The maximum atomic E-state index is 3.67. The number of rotatable bonds is 4. The first kappa shape index (κ1) is 12.0. The van der Waals surface area contributed by atoms with Crippen LogP contribution in [-0.2, 0) is 0 Å². The predicted octanol–water partition coefficient (Wildman–Crippen LogP) is 4.76. The molecule has 1 aromatic heterocycles. The fraction of sp³-hybridized carbons (Fsp3) is 0.714. The summed E-state index contributed by atoms with van der Waals surface area (Å²) < 4.78 is 0. The van der Waals surface area contributed by atoms with E-state index in [9.17, 15) is 0 Å². The van der Waals surface area contributed by atoms with Gasteiger partial charge in [0.15, 0.2) is 0 Å². The molecule has 0 aromatic carbocycles. The lowest BCUT2D eigenvalue weighted by molar-refractivity contribution is 0.289. The number of hydrogen-bond donors (Lipinski definition) is 1. The average molecular weight is 237 g/mol. The lowest BCUT2D eigenvalue weighted by Crippen LogP contribution is -2.27. The van der Waals surface area contributed by atoms with Crippen molar-refractivity contribution >= 4 is 17.0 Å². The molecule has 0 saturated heterocycles. The van der Waals surface area contributed by atoms with Gasteiger partial charge in [0.1, 0.15) is 0 Å². The first-order valence-electron chi connectivity index (χ1n) is 6.52. The molecule has 0 aliphatic heterocycles. The highest BCUT2D eigenvalue weighted by molar-refractivity contribution is 7.08. The van der Waals surface area contributed by atoms with E-state index in [1.165, 1.54) is 37.8 Å². The maximum absolute atomic E-state index is 3.67. The van der Waals surface area contributed by atoms with Crippen molar-refractivity contribution in [1.29, 1.82) is 0 Å². The molecule has 90 valence electrons. The largest absolute Gasteiger partial charge is 0.382 e. The summed E-state index contributed by atoms with van der Waals surface area (Å²) in [5, 5.41) is 8.04. The number of hydrogen-bond acceptors (Lipinski definition) is 2. The van der Waals surface area contributed by atoms with Gasteiger partial charge in [0.05, 0.1) is 0 Å². The van der Waals surface area contributed by atoms with E-state index >= 15 is 0 Å². The van der Waals surface area contributed by atoms with E-state index in [4.69, 9.17) is 0 Å². The van der Waals surface area contributed by atoms with Crippen LogP contribution in [0.5, 0.6) is 0 Å². The lowest BCUT2D eigenvalue weighted by atomic mass is 9.81. The van der Waals surface area contributed by atoms with E-state index in [0.717, 1.165) is 11.8 Å². The Hall–Kier alpha value is -0.500. The summed E-state index contributed by atoms with van der Waals surface area (Å²) in [5.74, 6) is 1.80. The summed E-state index contributed by atoms with van der Waals surface area (Å²) in [5.41, 5.74) is 1.32. The Morgan fingerprint density at radius 2 is 2.31 bits per heavy atom. The SMILES string of the molecule is CC(C)CC1CCCC(Nc2ccsc2)C1. The third kappa shape index (κ3) is 3.51. The average Bonchev–Trinajstić information content (AvgIpc) is 2.70. The van der Waals surface area contributed by atoms with Gasteiger partial charge in [-0.1, -0.05) is 26.7 Å².